The van der Waals surface area contributed by atoms with E-state index in [4.69, 9.17) is 0 Å². The molecule has 0 heterocycles. The van der Waals surface area contributed by atoms with Crippen LogP contribution in [0.1, 0.15) is 39.2 Å². The number of aryl methyl sites for hydroxylation is 1. The summed E-state index contributed by atoms with van der Waals surface area (Å²) in [5.41, 5.74) is 2.63. The SMILES string of the molecule is CCN(CC1C(C)CC(C)CC1O)c1ccccc1C. The first-order valence-electron chi connectivity index (χ1n) is 8.01. The molecule has 0 bridgehead atoms. The van der Waals surface area contributed by atoms with Crippen LogP contribution in [0.5, 0.6) is 0 Å². The Hall–Kier alpha value is -1.02. The lowest BCUT2D eigenvalue weighted by atomic mass is 9.73. The zero-order chi connectivity index (χ0) is 14.7. The van der Waals surface area contributed by atoms with Gasteiger partial charge in [0.1, 0.15) is 0 Å². The van der Waals surface area contributed by atoms with E-state index in [1.807, 2.05) is 0 Å². The lowest BCUT2D eigenvalue weighted by Gasteiger charge is -2.40. The molecule has 1 aromatic carbocycles. The summed E-state index contributed by atoms with van der Waals surface area (Å²) in [7, 11) is 0. The Morgan fingerprint density at radius 1 is 1.20 bits per heavy atom. The maximum absolute atomic E-state index is 10.4. The van der Waals surface area contributed by atoms with E-state index in [-0.39, 0.29) is 6.10 Å². The van der Waals surface area contributed by atoms with Crippen molar-refractivity contribution in [2.24, 2.45) is 17.8 Å². The summed E-state index contributed by atoms with van der Waals surface area (Å²) in [6, 6.07) is 8.56. The molecular weight excluding hydrogens is 246 g/mol. The topological polar surface area (TPSA) is 23.5 Å². The summed E-state index contributed by atoms with van der Waals surface area (Å²) in [5.74, 6) is 1.65. The summed E-state index contributed by atoms with van der Waals surface area (Å²) >= 11 is 0. The predicted octanol–water partition coefficient (Wildman–Crippen LogP) is 3.86. The minimum absolute atomic E-state index is 0.146. The molecule has 20 heavy (non-hydrogen) atoms. The zero-order valence-corrected chi connectivity index (χ0v) is 13.3. The van der Waals surface area contributed by atoms with Gasteiger partial charge in [0.25, 0.3) is 0 Å². The molecule has 4 atom stereocenters. The standard InChI is InChI=1S/C18H29NO/c1-5-19(17-9-7-6-8-14(17)3)12-16-15(4)10-13(2)11-18(16)20/h6-9,13,15-16,18,20H,5,10-12H2,1-4H3. The lowest BCUT2D eigenvalue weighted by Crippen LogP contribution is -2.42. The molecule has 1 saturated carbocycles. The van der Waals surface area contributed by atoms with Gasteiger partial charge in [-0.05, 0) is 50.2 Å². The number of anilines is 1. The van der Waals surface area contributed by atoms with Crippen molar-refractivity contribution in [1.29, 1.82) is 0 Å². The fraction of sp³-hybridized carbons (Fsp3) is 0.667. The molecule has 2 heteroatoms. The molecule has 2 rings (SSSR count). The van der Waals surface area contributed by atoms with Gasteiger partial charge in [0.05, 0.1) is 6.10 Å². The van der Waals surface area contributed by atoms with E-state index in [1.165, 1.54) is 17.7 Å². The Morgan fingerprint density at radius 2 is 1.90 bits per heavy atom. The quantitative estimate of drug-likeness (QED) is 0.902. The molecule has 1 aliphatic carbocycles. The number of rotatable bonds is 4. The van der Waals surface area contributed by atoms with E-state index >= 15 is 0 Å². The minimum Gasteiger partial charge on any atom is -0.393 e. The summed E-state index contributed by atoms with van der Waals surface area (Å²) in [5, 5.41) is 10.4. The van der Waals surface area contributed by atoms with Gasteiger partial charge in [-0.2, -0.15) is 0 Å². The van der Waals surface area contributed by atoms with Gasteiger partial charge in [-0.25, -0.2) is 0 Å². The molecule has 1 fully saturated rings. The van der Waals surface area contributed by atoms with E-state index < -0.39 is 0 Å². The third-order valence-corrected chi connectivity index (χ3v) is 4.91. The molecule has 0 saturated heterocycles. The molecule has 4 unspecified atom stereocenters. The molecule has 1 aromatic rings. The highest BCUT2D eigenvalue weighted by Gasteiger charge is 2.33. The van der Waals surface area contributed by atoms with Crippen LogP contribution in [0, 0.1) is 24.7 Å². The number of hydrogen-bond acceptors (Lipinski definition) is 2. The monoisotopic (exact) mass is 275 g/mol. The van der Waals surface area contributed by atoms with E-state index in [2.05, 4.69) is 56.9 Å². The van der Waals surface area contributed by atoms with Crippen molar-refractivity contribution in [3.63, 3.8) is 0 Å². The van der Waals surface area contributed by atoms with E-state index in [1.54, 1.807) is 0 Å². The van der Waals surface area contributed by atoms with Crippen LogP contribution in [0.25, 0.3) is 0 Å². The largest absolute Gasteiger partial charge is 0.393 e. The third kappa shape index (κ3) is 3.35. The van der Waals surface area contributed by atoms with Gasteiger partial charge >= 0.3 is 0 Å². The van der Waals surface area contributed by atoms with E-state index in [0.717, 1.165) is 19.5 Å². The second-order valence-corrected chi connectivity index (χ2v) is 6.61. The van der Waals surface area contributed by atoms with Crippen LogP contribution >= 0.6 is 0 Å². The summed E-state index contributed by atoms with van der Waals surface area (Å²) < 4.78 is 0. The van der Waals surface area contributed by atoms with Gasteiger partial charge in [0.15, 0.2) is 0 Å². The molecule has 2 nitrogen and oxygen atoms in total. The number of aliphatic hydroxyl groups is 1. The Balaban J connectivity index is 2.12. The first-order chi connectivity index (χ1) is 9.52. The van der Waals surface area contributed by atoms with Crippen LogP contribution in [-0.4, -0.2) is 24.3 Å². The Bertz CT molecular complexity index is 419. The molecule has 1 aliphatic rings. The van der Waals surface area contributed by atoms with Gasteiger partial charge < -0.3 is 10.0 Å². The van der Waals surface area contributed by atoms with Gasteiger partial charge in [0.2, 0.25) is 0 Å². The number of aliphatic hydroxyl groups excluding tert-OH is 1. The van der Waals surface area contributed by atoms with Crippen LogP contribution in [-0.2, 0) is 0 Å². The molecule has 0 amide bonds. The Morgan fingerprint density at radius 3 is 2.50 bits per heavy atom. The highest BCUT2D eigenvalue weighted by Crippen LogP contribution is 2.35. The molecule has 1 N–H and O–H groups in total. The zero-order valence-electron chi connectivity index (χ0n) is 13.3. The third-order valence-electron chi connectivity index (χ3n) is 4.91. The van der Waals surface area contributed by atoms with Gasteiger partial charge in [-0.15, -0.1) is 0 Å². The second kappa shape index (κ2) is 6.62. The average Bonchev–Trinajstić information content (AvgIpc) is 2.39. The Kier molecular flexibility index (Phi) is 5.09. The number of para-hydroxylation sites is 1. The number of nitrogens with zero attached hydrogens (tertiary/aromatic N) is 1. The molecule has 0 spiro atoms. The highest BCUT2D eigenvalue weighted by atomic mass is 16.3. The predicted molar refractivity (Wildman–Crippen MR) is 86.1 cm³/mol. The van der Waals surface area contributed by atoms with Crippen molar-refractivity contribution in [2.45, 2.75) is 46.6 Å². The maximum atomic E-state index is 10.4. The molecule has 112 valence electrons. The first kappa shape index (κ1) is 15.4. The van der Waals surface area contributed by atoms with Crippen molar-refractivity contribution in [3.8, 4) is 0 Å². The van der Waals surface area contributed by atoms with Crippen molar-refractivity contribution in [3.05, 3.63) is 29.8 Å². The second-order valence-electron chi connectivity index (χ2n) is 6.61. The molecular formula is C18H29NO. The van der Waals surface area contributed by atoms with Crippen LogP contribution < -0.4 is 4.90 Å². The maximum Gasteiger partial charge on any atom is 0.0590 e. The van der Waals surface area contributed by atoms with Crippen LogP contribution in [0.4, 0.5) is 5.69 Å². The van der Waals surface area contributed by atoms with Crippen molar-refractivity contribution < 1.29 is 5.11 Å². The summed E-state index contributed by atoms with van der Waals surface area (Å²) in [4.78, 5) is 2.43. The van der Waals surface area contributed by atoms with Gasteiger partial charge in [0, 0.05) is 24.7 Å². The van der Waals surface area contributed by atoms with Crippen molar-refractivity contribution in [1.82, 2.24) is 0 Å². The van der Waals surface area contributed by atoms with E-state index in [9.17, 15) is 5.11 Å². The molecule has 0 aromatic heterocycles. The molecule has 0 aliphatic heterocycles. The Labute approximate surface area is 123 Å². The fourth-order valence-electron chi connectivity index (χ4n) is 3.74. The molecule has 0 radical (unpaired) electrons. The van der Waals surface area contributed by atoms with Crippen LogP contribution in [0.15, 0.2) is 24.3 Å². The summed E-state index contributed by atoms with van der Waals surface area (Å²) in [6.45, 7) is 10.9. The van der Waals surface area contributed by atoms with Crippen LogP contribution in [0.2, 0.25) is 0 Å². The fourth-order valence-corrected chi connectivity index (χ4v) is 3.74. The number of benzene rings is 1. The first-order valence-corrected chi connectivity index (χ1v) is 8.01. The van der Waals surface area contributed by atoms with E-state index in [0.29, 0.717) is 17.8 Å². The lowest BCUT2D eigenvalue weighted by molar-refractivity contribution is 0.0201. The van der Waals surface area contributed by atoms with Crippen molar-refractivity contribution >= 4 is 5.69 Å². The highest BCUT2D eigenvalue weighted by molar-refractivity contribution is 5.52. The smallest absolute Gasteiger partial charge is 0.0590 e. The van der Waals surface area contributed by atoms with Gasteiger partial charge in [-0.1, -0.05) is 32.0 Å². The van der Waals surface area contributed by atoms with Crippen molar-refractivity contribution in [2.75, 3.05) is 18.0 Å². The average molecular weight is 275 g/mol. The number of hydrogen-bond donors (Lipinski definition) is 1. The van der Waals surface area contributed by atoms with Gasteiger partial charge in [-0.3, -0.25) is 0 Å². The summed E-state index contributed by atoms with van der Waals surface area (Å²) in [6.07, 6.45) is 2.06. The minimum atomic E-state index is -0.146. The normalized spacial score (nSPS) is 30.2. The van der Waals surface area contributed by atoms with Crippen LogP contribution in [0.3, 0.4) is 0 Å².